The maximum Gasteiger partial charge on any atom is 0.413 e. The Morgan fingerprint density at radius 2 is 2.00 bits per heavy atom. The number of methoxy groups -OCH3 is 1. The average molecular weight is 408 g/mol. The van der Waals surface area contributed by atoms with E-state index in [9.17, 15) is 14.7 Å². The molecular weight excluding hydrogens is 384 g/mol. The molecule has 0 aliphatic carbocycles. The molecule has 1 aromatic heterocycles. The highest BCUT2D eigenvalue weighted by atomic mass is 16.5. The van der Waals surface area contributed by atoms with Gasteiger partial charge in [0.15, 0.2) is 5.72 Å². The first-order valence-corrected chi connectivity index (χ1v) is 9.62. The molecule has 1 aliphatic rings. The predicted molar refractivity (Wildman–Crippen MR) is 112 cm³/mol. The number of aromatic amines is 1. The number of anilines is 1. The minimum atomic E-state index is -1.62. The number of benzene rings is 2. The summed E-state index contributed by atoms with van der Waals surface area (Å²) in [6.45, 7) is 6.42. The van der Waals surface area contributed by atoms with Gasteiger partial charge < -0.3 is 19.7 Å². The van der Waals surface area contributed by atoms with Crippen LogP contribution in [0.3, 0.4) is 0 Å². The van der Waals surface area contributed by atoms with E-state index < -0.39 is 11.8 Å². The summed E-state index contributed by atoms with van der Waals surface area (Å²) in [6, 6.07) is 12.3. The van der Waals surface area contributed by atoms with Crippen molar-refractivity contribution in [1.29, 1.82) is 0 Å². The maximum atomic E-state index is 13.2. The lowest BCUT2D eigenvalue weighted by Gasteiger charge is -2.38. The molecule has 1 unspecified atom stereocenters. The number of imidazole rings is 1. The second kappa shape index (κ2) is 6.84. The number of rotatable bonds is 3. The van der Waals surface area contributed by atoms with Crippen LogP contribution in [-0.4, -0.2) is 45.6 Å². The highest BCUT2D eigenvalue weighted by molar-refractivity contribution is 6.00. The maximum absolute atomic E-state index is 13.2. The fraction of sp³-hybridized carbons (Fsp3) is 0.318. The third-order valence-electron chi connectivity index (χ3n) is 5.09. The molecule has 156 valence electrons. The van der Waals surface area contributed by atoms with Crippen LogP contribution in [-0.2, 0) is 10.5 Å². The van der Waals surface area contributed by atoms with Crippen LogP contribution in [0.25, 0.3) is 11.0 Å². The van der Waals surface area contributed by atoms with Gasteiger partial charge in [-0.25, -0.2) is 9.78 Å². The van der Waals surface area contributed by atoms with E-state index in [1.807, 2.05) is 26.8 Å². The van der Waals surface area contributed by atoms with Crippen molar-refractivity contribution in [1.82, 2.24) is 14.9 Å². The molecule has 0 radical (unpaired) electrons. The fourth-order valence-electron chi connectivity index (χ4n) is 3.81. The van der Waals surface area contributed by atoms with E-state index in [4.69, 9.17) is 0 Å². The number of aromatic nitrogens is 2. The molecule has 2 heterocycles. The number of carbonyl (C=O) groups is 2. The number of amides is 2. The Balaban J connectivity index is 1.83. The highest BCUT2D eigenvalue weighted by Crippen LogP contribution is 2.44. The first-order valence-electron chi connectivity index (χ1n) is 9.62. The third kappa shape index (κ3) is 3.19. The van der Waals surface area contributed by atoms with Crippen LogP contribution in [0.5, 0.6) is 0 Å². The van der Waals surface area contributed by atoms with Crippen molar-refractivity contribution in [2.45, 2.75) is 26.5 Å². The summed E-state index contributed by atoms with van der Waals surface area (Å²) in [4.78, 5) is 33.5. The predicted octanol–water partition coefficient (Wildman–Crippen LogP) is 3.44. The summed E-state index contributed by atoms with van der Waals surface area (Å²) < 4.78 is 4.59. The lowest BCUT2D eigenvalue weighted by Crippen LogP contribution is -2.48. The van der Waals surface area contributed by atoms with Gasteiger partial charge in [0.05, 0.1) is 18.1 Å². The number of carbonyl (C=O) groups excluding carboxylic acids is 2. The Labute approximate surface area is 173 Å². The van der Waals surface area contributed by atoms with Gasteiger partial charge in [-0.15, -0.1) is 0 Å². The van der Waals surface area contributed by atoms with Gasteiger partial charge in [0, 0.05) is 23.2 Å². The van der Waals surface area contributed by atoms with Crippen LogP contribution in [0, 0.1) is 5.41 Å². The molecule has 0 saturated carbocycles. The zero-order valence-electron chi connectivity index (χ0n) is 17.3. The molecule has 0 spiro atoms. The van der Waals surface area contributed by atoms with Gasteiger partial charge in [0.1, 0.15) is 0 Å². The Kier molecular flexibility index (Phi) is 4.54. The van der Waals surface area contributed by atoms with Gasteiger partial charge >= 0.3 is 6.09 Å². The van der Waals surface area contributed by atoms with E-state index in [0.717, 1.165) is 0 Å². The topological polar surface area (TPSA) is 108 Å². The average Bonchev–Trinajstić information content (AvgIpc) is 3.19. The monoisotopic (exact) mass is 408 g/mol. The van der Waals surface area contributed by atoms with E-state index in [1.165, 1.54) is 12.0 Å². The summed E-state index contributed by atoms with van der Waals surface area (Å²) in [6.07, 6.45) is -0.639. The lowest BCUT2D eigenvalue weighted by molar-refractivity contribution is -0.0616. The summed E-state index contributed by atoms with van der Waals surface area (Å²) in [5.41, 5.74) is 0.924. The van der Waals surface area contributed by atoms with Crippen LogP contribution in [0.2, 0.25) is 0 Å². The quantitative estimate of drug-likeness (QED) is 0.615. The number of hydrogen-bond donors (Lipinski definition) is 3. The molecule has 8 heteroatoms. The fourth-order valence-corrected chi connectivity index (χ4v) is 3.81. The van der Waals surface area contributed by atoms with Crippen LogP contribution in [0.4, 0.5) is 10.7 Å². The molecule has 1 atom stereocenters. The molecule has 2 amide bonds. The molecular formula is C22H24N4O4. The van der Waals surface area contributed by atoms with E-state index in [-0.39, 0.29) is 17.3 Å². The Hall–Kier alpha value is -3.39. The molecule has 0 saturated heterocycles. The molecule has 30 heavy (non-hydrogen) atoms. The van der Waals surface area contributed by atoms with E-state index in [2.05, 4.69) is 20.0 Å². The molecule has 3 N–H and O–H groups in total. The van der Waals surface area contributed by atoms with Crippen molar-refractivity contribution in [3.63, 3.8) is 0 Å². The molecule has 0 fully saturated rings. The molecule has 8 nitrogen and oxygen atoms in total. The van der Waals surface area contributed by atoms with E-state index in [1.54, 1.807) is 36.4 Å². The smallest absolute Gasteiger partial charge is 0.413 e. The SMILES string of the molecule is COC(=O)Nc1nc2cc(C3(O)c4ccccc4C(=O)N3CC(C)(C)C)ccc2[nH]1. The Bertz CT molecular complexity index is 1150. The third-order valence-corrected chi connectivity index (χ3v) is 5.09. The minimum absolute atomic E-state index is 0.210. The molecule has 4 rings (SSSR count). The van der Waals surface area contributed by atoms with Crippen molar-refractivity contribution in [3.05, 3.63) is 59.2 Å². The second-order valence-electron chi connectivity index (χ2n) is 8.60. The summed E-state index contributed by atoms with van der Waals surface area (Å²) in [5, 5.41) is 14.4. The van der Waals surface area contributed by atoms with Crippen molar-refractivity contribution in [3.8, 4) is 0 Å². The number of fused-ring (bicyclic) bond motifs is 2. The molecule has 2 aromatic carbocycles. The van der Waals surface area contributed by atoms with Crippen molar-refractivity contribution in [2.75, 3.05) is 19.0 Å². The number of nitrogens with zero attached hydrogens (tertiary/aromatic N) is 2. The van der Waals surface area contributed by atoms with Crippen LogP contribution >= 0.6 is 0 Å². The number of ether oxygens (including phenoxy) is 1. The molecule has 0 bridgehead atoms. The number of nitrogens with one attached hydrogen (secondary N) is 2. The lowest BCUT2D eigenvalue weighted by atomic mass is 9.91. The minimum Gasteiger partial charge on any atom is -0.453 e. The van der Waals surface area contributed by atoms with Gasteiger partial charge in [-0.2, -0.15) is 0 Å². The van der Waals surface area contributed by atoms with Crippen molar-refractivity contribution in [2.24, 2.45) is 5.41 Å². The van der Waals surface area contributed by atoms with Gasteiger partial charge in [-0.1, -0.05) is 45.0 Å². The highest BCUT2D eigenvalue weighted by Gasteiger charge is 2.50. The first kappa shape index (κ1) is 19.9. The van der Waals surface area contributed by atoms with Crippen LogP contribution in [0.15, 0.2) is 42.5 Å². The largest absolute Gasteiger partial charge is 0.453 e. The van der Waals surface area contributed by atoms with E-state index in [0.29, 0.717) is 34.3 Å². The van der Waals surface area contributed by atoms with Crippen LogP contribution in [0.1, 0.15) is 42.3 Å². The molecule has 3 aromatic rings. The standard InChI is InChI=1S/C22H24N4O4/c1-21(2,3)12-26-18(27)14-7-5-6-8-15(14)22(26,29)13-9-10-16-17(11-13)24-19(23-16)25-20(28)30-4/h5-11,29H,12H2,1-4H3,(H2,23,24,25,28). The van der Waals surface area contributed by atoms with Crippen LogP contribution < -0.4 is 5.32 Å². The summed E-state index contributed by atoms with van der Waals surface area (Å²) >= 11 is 0. The second-order valence-corrected chi connectivity index (χ2v) is 8.60. The number of H-pyrrole nitrogens is 1. The molecule has 1 aliphatic heterocycles. The van der Waals surface area contributed by atoms with Crippen molar-refractivity contribution >= 4 is 29.0 Å². The van der Waals surface area contributed by atoms with Crippen molar-refractivity contribution < 1.29 is 19.4 Å². The first-order chi connectivity index (χ1) is 14.1. The zero-order chi connectivity index (χ0) is 21.7. The van der Waals surface area contributed by atoms with Gasteiger partial charge in [0.2, 0.25) is 5.95 Å². The normalized spacial score (nSPS) is 18.6. The van der Waals surface area contributed by atoms with Gasteiger partial charge in [-0.3, -0.25) is 10.1 Å². The van der Waals surface area contributed by atoms with Gasteiger partial charge in [-0.05, 0) is 23.6 Å². The number of hydrogen-bond acceptors (Lipinski definition) is 5. The van der Waals surface area contributed by atoms with E-state index >= 15 is 0 Å². The summed E-state index contributed by atoms with van der Waals surface area (Å²) in [7, 11) is 1.27. The zero-order valence-corrected chi connectivity index (χ0v) is 17.3. The Morgan fingerprint density at radius 1 is 1.27 bits per heavy atom. The van der Waals surface area contributed by atoms with Gasteiger partial charge in [0.25, 0.3) is 5.91 Å². The number of aliphatic hydroxyl groups is 1. The Morgan fingerprint density at radius 3 is 2.70 bits per heavy atom. The summed E-state index contributed by atoms with van der Waals surface area (Å²) in [5.74, 6) is 0.0219.